The maximum Gasteiger partial charge on any atom is 0.252 e. The number of methoxy groups -OCH3 is 1. The fourth-order valence-electron chi connectivity index (χ4n) is 3.18. The molecule has 0 aliphatic carbocycles. The molecule has 0 aliphatic heterocycles. The number of hydrogen-bond donors (Lipinski definition) is 3. The van der Waals surface area contributed by atoms with Crippen LogP contribution in [0.2, 0.25) is 0 Å². The van der Waals surface area contributed by atoms with Crippen LogP contribution in [-0.4, -0.2) is 45.4 Å². The Hall–Kier alpha value is -3.13. The number of pyridine rings is 1. The van der Waals surface area contributed by atoms with E-state index in [9.17, 15) is 9.90 Å². The Morgan fingerprint density at radius 2 is 2.11 bits per heavy atom. The normalized spacial score (nSPS) is 12.3. The molecule has 0 bridgehead atoms. The van der Waals surface area contributed by atoms with Crippen LogP contribution in [0.3, 0.4) is 0 Å². The third kappa shape index (κ3) is 4.07. The molecule has 1 atom stereocenters. The van der Waals surface area contributed by atoms with Gasteiger partial charge in [0, 0.05) is 35.6 Å². The molecule has 0 saturated heterocycles. The van der Waals surface area contributed by atoms with E-state index in [1.807, 2.05) is 18.3 Å². The SMILES string of the molecule is COc1ccc(-c2cc3c(N[C@H](CO)CC(C)C)c(C(N)=O)cnn3c2)cn1. The van der Waals surface area contributed by atoms with Gasteiger partial charge in [-0.05, 0) is 24.5 Å². The highest BCUT2D eigenvalue weighted by Crippen LogP contribution is 2.29. The minimum atomic E-state index is -0.576. The van der Waals surface area contributed by atoms with Gasteiger partial charge in [0.1, 0.15) is 0 Å². The molecule has 0 radical (unpaired) electrons. The second-order valence-corrected chi connectivity index (χ2v) is 7.10. The van der Waals surface area contributed by atoms with Crippen molar-refractivity contribution in [2.75, 3.05) is 19.0 Å². The Kier molecular flexibility index (Phi) is 5.79. The lowest BCUT2D eigenvalue weighted by atomic mass is 10.0. The van der Waals surface area contributed by atoms with E-state index in [1.54, 1.807) is 23.9 Å². The zero-order chi connectivity index (χ0) is 20.3. The smallest absolute Gasteiger partial charge is 0.252 e. The summed E-state index contributed by atoms with van der Waals surface area (Å²) in [5.74, 6) is 0.336. The minimum absolute atomic E-state index is 0.0547. The molecule has 1 amide bonds. The predicted octanol–water partition coefficient (Wildman–Crippen LogP) is 2.32. The summed E-state index contributed by atoms with van der Waals surface area (Å²) in [6.45, 7) is 4.10. The van der Waals surface area contributed by atoms with E-state index >= 15 is 0 Å². The van der Waals surface area contributed by atoms with Crippen molar-refractivity contribution >= 4 is 17.1 Å². The summed E-state index contributed by atoms with van der Waals surface area (Å²) in [5.41, 5.74) is 8.88. The van der Waals surface area contributed by atoms with Crippen molar-refractivity contribution in [3.05, 3.63) is 42.4 Å². The number of nitrogens with one attached hydrogen (secondary N) is 1. The summed E-state index contributed by atoms with van der Waals surface area (Å²) in [4.78, 5) is 16.2. The standard InChI is InChI=1S/C20H25N5O3/c1-12(2)6-15(11-26)24-19-16(20(21)27)9-23-25-10-14(7-17(19)25)13-4-5-18(28-3)22-8-13/h4-5,7-10,12,15,24,26H,6,11H2,1-3H3,(H2,21,27)/t15-/m0/s1. The molecule has 0 aliphatic rings. The minimum Gasteiger partial charge on any atom is -0.481 e. The molecule has 3 rings (SSSR count). The van der Waals surface area contributed by atoms with Crippen LogP contribution in [0, 0.1) is 5.92 Å². The Balaban J connectivity index is 2.07. The van der Waals surface area contributed by atoms with E-state index in [1.165, 1.54) is 6.20 Å². The average Bonchev–Trinajstić information content (AvgIpc) is 3.11. The van der Waals surface area contributed by atoms with E-state index < -0.39 is 5.91 Å². The van der Waals surface area contributed by atoms with Crippen LogP contribution in [-0.2, 0) is 0 Å². The number of hydrogen-bond acceptors (Lipinski definition) is 6. The maximum atomic E-state index is 12.0. The number of nitrogens with two attached hydrogens (primary N) is 1. The quantitative estimate of drug-likeness (QED) is 0.550. The lowest BCUT2D eigenvalue weighted by molar-refractivity contribution is 0.100. The zero-order valence-electron chi connectivity index (χ0n) is 16.2. The molecule has 148 valence electrons. The van der Waals surface area contributed by atoms with E-state index in [0.717, 1.165) is 17.5 Å². The number of amides is 1. The zero-order valence-corrected chi connectivity index (χ0v) is 16.2. The van der Waals surface area contributed by atoms with Gasteiger partial charge in [-0.3, -0.25) is 4.79 Å². The van der Waals surface area contributed by atoms with Crippen molar-refractivity contribution in [2.45, 2.75) is 26.3 Å². The van der Waals surface area contributed by atoms with Gasteiger partial charge in [0.25, 0.3) is 5.91 Å². The Labute approximate surface area is 163 Å². The summed E-state index contributed by atoms with van der Waals surface area (Å²) in [7, 11) is 1.57. The molecular formula is C20H25N5O3. The molecule has 3 aromatic rings. The number of aliphatic hydroxyl groups excluding tert-OH is 1. The highest BCUT2D eigenvalue weighted by Gasteiger charge is 2.19. The largest absolute Gasteiger partial charge is 0.481 e. The van der Waals surface area contributed by atoms with Crippen molar-refractivity contribution in [3.63, 3.8) is 0 Å². The van der Waals surface area contributed by atoms with Crippen molar-refractivity contribution < 1.29 is 14.6 Å². The first-order valence-corrected chi connectivity index (χ1v) is 9.12. The van der Waals surface area contributed by atoms with Crippen molar-refractivity contribution in [3.8, 4) is 17.0 Å². The molecule has 4 N–H and O–H groups in total. The molecule has 3 heterocycles. The van der Waals surface area contributed by atoms with Crippen LogP contribution in [0.15, 0.2) is 36.8 Å². The summed E-state index contributed by atoms with van der Waals surface area (Å²) in [6.07, 6.45) is 5.76. The first kappa shape index (κ1) is 19.6. The van der Waals surface area contributed by atoms with E-state index in [0.29, 0.717) is 23.0 Å². The number of nitrogens with zero attached hydrogens (tertiary/aromatic N) is 3. The van der Waals surface area contributed by atoms with E-state index in [4.69, 9.17) is 10.5 Å². The maximum absolute atomic E-state index is 12.0. The number of aliphatic hydroxyl groups is 1. The Bertz CT molecular complexity index is 966. The van der Waals surface area contributed by atoms with Gasteiger partial charge in [0.15, 0.2) is 0 Å². The number of ether oxygens (including phenoxy) is 1. The van der Waals surface area contributed by atoms with Crippen molar-refractivity contribution in [1.82, 2.24) is 14.6 Å². The van der Waals surface area contributed by atoms with Crippen LogP contribution < -0.4 is 15.8 Å². The molecule has 0 fully saturated rings. The van der Waals surface area contributed by atoms with Gasteiger partial charge >= 0.3 is 0 Å². The van der Waals surface area contributed by atoms with E-state index in [2.05, 4.69) is 29.2 Å². The summed E-state index contributed by atoms with van der Waals surface area (Å²) >= 11 is 0. The van der Waals surface area contributed by atoms with Crippen LogP contribution in [0.5, 0.6) is 5.88 Å². The second kappa shape index (κ2) is 8.26. The second-order valence-electron chi connectivity index (χ2n) is 7.10. The summed E-state index contributed by atoms with van der Waals surface area (Å²) in [6, 6.07) is 5.39. The molecule has 0 spiro atoms. The summed E-state index contributed by atoms with van der Waals surface area (Å²) in [5, 5.41) is 17.3. The number of fused-ring (bicyclic) bond motifs is 1. The molecule has 0 unspecified atom stereocenters. The number of carbonyl (C=O) groups excluding carboxylic acids is 1. The van der Waals surface area contributed by atoms with Gasteiger partial charge in [-0.25, -0.2) is 9.50 Å². The topological polar surface area (TPSA) is 115 Å². The predicted molar refractivity (Wildman–Crippen MR) is 107 cm³/mol. The fourth-order valence-corrected chi connectivity index (χ4v) is 3.18. The van der Waals surface area contributed by atoms with Gasteiger partial charge < -0.3 is 20.9 Å². The van der Waals surface area contributed by atoms with Crippen LogP contribution >= 0.6 is 0 Å². The Morgan fingerprint density at radius 1 is 1.32 bits per heavy atom. The van der Waals surface area contributed by atoms with Gasteiger partial charge in [0.2, 0.25) is 5.88 Å². The lowest BCUT2D eigenvalue weighted by Gasteiger charge is -2.21. The summed E-state index contributed by atoms with van der Waals surface area (Å²) < 4.78 is 6.78. The fraction of sp³-hybridized carbons (Fsp3) is 0.350. The molecule has 0 aromatic carbocycles. The first-order chi connectivity index (χ1) is 13.4. The van der Waals surface area contributed by atoms with Crippen LogP contribution in [0.1, 0.15) is 30.6 Å². The number of carbonyl (C=O) groups is 1. The monoisotopic (exact) mass is 383 g/mol. The highest BCUT2D eigenvalue weighted by atomic mass is 16.5. The van der Waals surface area contributed by atoms with Gasteiger partial charge in [-0.1, -0.05) is 13.8 Å². The van der Waals surface area contributed by atoms with Gasteiger partial charge in [-0.2, -0.15) is 5.10 Å². The van der Waals surface area contributed by atoms with Crippen molar-refractivity contribution in [1.29, 1.82) is 0 Å². The Morgan fingerprint density at radius 3 is 2.68 bits per heavy atom. The molecule has 8 nitrogen and oxygen atoms in total. The van der Waals surface area contributed by atoms with Gasteiger partial charge in [0.05, 0.1) is 36.7 Å². The average molecular weight is 383 g/mol. The number of aromatic nitrogens is 3. The highest BCUT2D eigenvalue weighted by molar-refractivity contribution is 6.02. The van der Waals surface area contributed by atoms with Crippen molar-refractivity contribution in [2.24, 2.45) is 11.7 Å². The van der Waals surface area contributed by atoms with Gasteiger partial charge in [-0.15, -0.1) is 0 Å². The molecule has 8 heteroatoms. The first-order valence-electron chi connectivity index (χ1n) is 9.12. The molecular weight excluding hydrogens is 358 g/mol. The van der Waals surface area contributed by atoms with Crippen LogP contribution in [0.25, 0.3) is 16.6 Å². The molecule has 3 aromatic heterocycles. The third-order valence-corrected chi connectivity index (χ3v) is 4.51. The number of rotatable bonds is 8. The number of anilines is 1. The van der Waals surface area contributed by atoms with E-state index in [-0.39, 0.29) is 18.2 Å². The third-order valence-electron chi connectivity index (χ3n) is 4.51. The lowest BCUT2D eigenvalue weighted by Crippen LogP contribution is -2.28. The van der Waals surface area contributed by atoms with Crippen LogP contribution in [0.4, 0.5) is 5.69 Å². The molecule has 0 saturated carbocycles. The molecule has 28 heavy (non-hydrogen) atoms. The number of primary amides is 1.